The SMILES string of the molecule is CCOC(=O)CC1(c2ccc(OCc3cccc(-c4ccc(O)cc4Cl)c3)cc2)OC1C. The van der Waals surface area contributed by atoms with Crippen LogP contribution < -0.4 is 4.74 Å². The van der Waals surface area contributed by atoms with Crippen LogP contribution >= 0.6 is 11.6 Å². The molecule has 1 saturated heterocycles. The van der Waals surface area contributed by atoms with Gasteiger partial charge in [-0.3, -0.25) is 4.79 Å². The maximum absolute atomic E-state index is 12.0. The van der Waals surface area contributed by atoms with E-state index >= 15 is 0 Å². The molecule has 0 aliphatic carbocycles. The van der Waals surface area contributed by atoms with Crippen LogP contribution in [0.5, 0.6) is 11.5 Å². The molecule has 1 aliphatic heterocycles. The van der Waals surface area contributed by atoms with E-state index < -0.39 is 5.60 Å². The standard InChI is InChI=1S/C26H25ClO5/c1-3-30-25(29)15-26(17(2)32-26)20-7-10-22(11-8-20)31-16-18-5-4-6-19(13-18)23-12-9-21(28)14-24(23)27/h4-14,17,28H,3,15-16H2,1-2H3. The quantitative estimate of drug-likeness (QED) is 0.342. The lowest BCUT2D eigenvalue weighted by Crippen LogP contribution is -2.19. The molecule has 1 fully saturated rings. The summed E-state index contributed by atoms with van der Waals surface area (Å²) in [5.74, 6) is 0.601. The normalized spacial score (nSPS) is 19.4. The first kappa shape index (κ1) is 22.2. The fourth-order valence-corrected chi connectivity index (χ4v) is 4.15. The largest absolute Gasteiger partial charge is 0.508 e. The summed E-state index contributed by atoms with van der Waals surface area (Å²) < 4.78 is 16.8. The van der Waals surface area contributed by atoms with Crippen LogP contribution in [-0.4, -0.2) is 23.8 Å². The van der Waals surface area contributed by atoms with Crippen LogP contribution in [-0.2, 0) is 26.5 Å². The van der Waals surface area contributed by atoms with Gasteiger partial charge in [0.15, 0.2) is 0 Å². The minimum Gasteiger partial charge on any atom is -0.508 e. The fourth-order valence-electron chi connectivity index (χ4n) is 3.86. The molecule has 0 amide bonds. The Morgan fingerprint density at radius 3 is 2.53 bits per heavy atom. The lowest BCUT2D eigenvalue weighted by molar-refractivity contribution is -0.144. The second kappa shape index (κ2) is 9.23. The maximum atomic E-state index is 12.0. The van der Waals surface area contributed by atoms with Crippen molar-refractivity contribution in [3.05, 3.63) is 82.9 Å². The maximum Gasteiger partial charge on any atom is 0.309 e. The van der Waals surface area contributed by atoms with Crippen LogP contribution in [0.1, 0.15) is 31.4 Å². The van der Waals surface area contributed by atoms with Crippen LogP contribution in [0.15, 0.2) is 66.7 Å². The molecule has 3 aromatic carbocycles. The van der Waals surface area contributed by atoms with Crippen molar-refractivity contribution in [3.8, 4) is 22.6 Å². The number of phenols is 1. The van der Waals surface area contributed by atoms with Crippen LogP contribution in [0.4, 0.5) is 0 Å². The van der Waals surface area contributed by atoms with Crippen LogP contribution in [0, 0.1) is 0 Å². The summed E-state index contributed by atoms with van der Waals surface area (Å²) in [6.07, 6.45) is 0.169. The molecule has 166 valence electrons. The highest BCUT2D eigenvalue weighted by molar-refractivity contribution is 6.33. The van der Waals surface area contributed by atoms with Crippen molar-refractivity contribution in [2.24, 2.45) is 0 Å². The zero-order chi connectivity index (χ0) is 22.7. The number of benzene rings is 3. The number of carbonyl (C=O) groups is 1. The highest BCUT2D eigenvalue weighted by Gasteiger charge is 2.56. The number of hydrogen-bond donors (Lipinski definition) is 1. The first-order valence-electron chi connectivity index (χ1n) is 10.6. The minimum atomic E-state index is -0.609. The Bertz CT molecular complexity index is 1110. The van der Waals surface area contributed by atoms with E-state index in [1.165, 1.54) is 6.07 Å². The molecule has 4 rings (SSSR count). The molecule has 5 nitrogen and oxygen atoms in total. The topological polar surface area (TPSA) is 68.3 Å². The Balaban J connectivity index is 1.42. The molecule has 6 heteroatoms. The molecule has 3 aromatic rings. The highest BCUT2D eigenvalue weighted by atomic mass is 35.5. The van der Waals surface area contributed by atoms with Crippen LogP contribution in [0.3, 0.4) is 0 Å². The zero-order valence-corrected chi connectivity index (χ0v) is 18.8. The van der Waals surface area contributed by atoms with Crippen molar-refractivity contribution >= 4 is 17.6 Å². The molecule has 2 unspecified atom stereocenters. The third-order valence-corrected chi connectivity index (χ3v) is 5.95. The number of epoxide rings is 1. The molecule has 0 bridgehead atoms. The number of rotatable bonds is 8. The lowest BCUT2D eigenvalue weighted by Gasteiger charge is -2.14. The first-order chi connectivity index (χ1) is 15.4. The molecule has 1 N–H and O–H groups in total. The second-order valence-corrected chi connectivity index (χ2v) is 8.22. The van der Waals surface area contributed by atoms with Crippen molar-refractivity contribution in [1.29, 1.82) is 0 Å². The first-order valence-corrected chi connectivity index (χ1v) is 10.9. The predicted molar refractivity (Wildman–Crippen MR) is 123 cm³/mol. The summed E-state index contributed by atoms with van der Waals surface area (Å²) >= 11 is 6.27. The van der Waals surface area contributed by atoms with E-state index in [2.05, 4.69) is 0 Å². The molecule has 32 heavy (non-hydrogen) atoms. The van der Waals surface area contributed by atoms with Crippen molar-refractivity contribution in [3.63, 3.8) is 0 Å². The van der Waals surface area contributed by atoms with Crippen molar-refractivity contribution in [2.75, 3.05) is 6.61 Å². The van der Waals surface area contributed by atoms with Gasteiger partial charge in [-0.25, -0.2) is 0 Å². The van der Waals surface area contributed by atoms with Gasteiger partial charge in [0.2, 0.25) is 0 Å². The summed E-state index contributed by atoms with van der Waals surface area (Å²) in [7, 11) is 0. The number of aromatic hydroxyl groups is 1. The van der Waals surface area contributed by atoms with Crippen molar-refractivity contribution < 1.29 is 24.1 Å². The molecule has 1 heterocycles. The third-order valence-electron chi connectivity index (χ3n) is 5.64. The Kier molecular flexibility index (Phi) is 6.40. The van der Waals surface area contributed by atoms with E-state index in [1.807, 2.05) is 55.5 Å². The van der Waals surface area contributed by atoms with E-state index in [1.54, 1.807) is 19.1 Å². The Labute approximate surface area is 192 Å². The number of ether oxygens (including phenoxy) is 3. The molecule has 0 saturated carbocycles. The van der Waals surface area contributed by atoms with Crippen molar-refractivity contribution in [2.45, 2.75) is 38.6 Å². The molecule has 0 spiro atoms. The van der Waals surface area contributed by atoms with Crippen molar-refractivity contribution in [1.82, 2.24) is 0 Å². The smallest absolute Gasteiger partial charge is 0.309 e. The summed E-state index contributed by atoms with van der Waals surface area (Å²) in [5, 5.41) is 10.1. The summed E-state index contributed by atoms with van der Waals surface area (Å²) in [5.41, 5.74) is 3.12. The Morgan fingerprint density at radius 1 is 1.12 bits per heavy atom. The third kappa shape index (κ3) is 4.74. The predicted octanol–water partition coefficient (Wildman–Crippen LogP) is 5.86. The second-order valence-electron chi connectivity index (χ2n) is 7.81. The molecular weight excluding hydrogens is 428 g/mol. The van der Waals surface area contributed by atoms with Crippen LogP contribution in [0.2, 0.25) is 5.02 Å². The monoisotopic (exact) mass is 452 g/mol. The van der Waals surface area contributed by atoms with Gasteiger partial charge >= 0.3 is 5.97 Å². The number of carbonyl (C=O) groups excluding carboxylic acids is 1. The van der Waals surface area contributed by atoms with Gasteiger partial charge in [-0.2, -0.15) is 0 Å². The Morgan fingerprint density at radius 2 is 1.88 bits per heavy atom. The van der Waals surface area contributed by atoms with Gasteiger partial charge in [-0.15, -0.1) is 0 Å². The fraction of sp³-hybridized carbons (Fsp3) is 0.269. The van der Waals surface area contributed by atoms with E-state index in [4.69, 9.17) is 25.8 Å². The van der Waals surface area contributed by atoms with Gasteiger partial charge in [-0.05, 0) is 66.9 Å². The molecule has 2 atom stereocenters. The van der Waals surface area contributed by atoms with Gasteiger partial charge in [-0.1, -0.05) is 41.9 Å². The number of halogens is 1. The average molecular weight is 453 g/mol. The minimum absolute atomic E-state index is 0.0341. The van der Waals surface area contributed by atoms with Gasteiger partial charge in [0.05, 0.1) is 24.2 Å². The van der Waals surface area contributed by atoms with Crippen LogP contribution in [0.25, 0.3) is 11.1 Å². The van der Waals surface area contributed by atoms with E-state index in [-0.39, 0.29) is 24.2 Å². The lowest BCUT2D eigenvalue weighted by atomic mass is 9.92. The molecule has 1 aliphatic rings. The summed E-state index contributed by atoms with van der Waals surface area (Å²) in [6, 6.07) is 20.5. The van der Waals surface area contributed by atoms with Gasteiger partial charge in [0.1, 0.15) is 23.7 Å². The number of esters is 1. The van der Waals surface area contributed by atoms with Gasteiger partial charge in [0, 0.05) is 5.56 Å². The summed E-state index contributed by atoms with van der Waals surface area (Å²) in [4.78, 5) is 12.0. The van der Waals surface area contributed by atoms with E-state index in [0.717, 1.165) is 28.0 Å². The molecular formula is C26H25ClO5. The zero-order valence-electron chi connectivity index (χ0n) is 18.0. The average Bonchev–Trinajstić information content (AvgIpc) is 3.42. The molecule has 0 aromatic heterocycles. The Hall–Kier alpha value is -3.02. The van der Waals surface area contributed by atoms with Gasteiger partial charge in [0.25, 0.3) is 0 Å². The van der Waals surface area contributed by atoms with E-state index in [9.17, 15) is 9.90 Å². The molecule has 0 radical (unpaired) electrons. The summed E-state index contributed by atoms with van der Waals surface area (Å²) in [6.45, 7) is 4.50. The van der Waals surface area contributed by atoms with E-state index in [0.29, 0.717) is 18.2 Å². The van der Waals surface area contributed by atoms with Gasteiger partial charge < -0.3 is 19.3 Å². The number of hydrogen-bond acceptors (Lipinski definition) is 5. The number of phenolic OH excluding ortho intramolecular Hbond substituents is 1. The highest BCUT2D eigenvalue weighted by Crippen LogP contribution is 2.49.